The monoisotopic (exact) mass is 215 g/mol. The Kier molecular flexibility index (Phi) is 6.22. The Hall–Kier alpha value is -0.120. The second-order valence-corrected chi connectivity index (χ2v) is 4.58. The van der Waals surface area contributed by atoms with Crippen LogP contribution in [0.3, 0.4) is 0 Å². The third-order valence-electron chi connectivity index (χ3n) is 3.11. The van der Waals surface area contributed by atoms with Crippen molar-refractivity contribution >= 4 is 0 Å². The molecule has 0 radical (unpaired) electrons. The van der Waals surface area contributed by atoms with Crippen molar-refractivity contribution in [3.8, 4) is 0 Å². The standard InChI is InChI=1S/C12H25NO2/c1-4-13-12(7-10(2)8-14-3)11-5-6-15-9-11/h10-13H,4-9H2,1-3H3. The molecule has 3 atom stereocenters. The Morgan fingerprint density at radius 1 is 1.53 bits per heavy atom. The first-order valence-electron chi connectivity index (χ1n) is 6.08. The lowest BCUT2D eigenvalue weighted by Gasteiger charge is -2.26. The average molecular weight is 215 g/mol. The zero-order valence-corrected chi connectivity index (χ0v) is 10.3. The summed E-state index contributed by atoms with van der Waals surface area (Å²) in [5, 5.41) is 3.58. The second kappa shape index (κ2) is 7.20. The third-order valence-corrected chi connectivity index (χ3v) is 3.11. The minimum Gasteiger partial charge on any atom is -0.384 e. The van der Waals surface area contributed by atoms with E-state index in [1.807, 2.05) is 0 Å². The van der Waals surface area contributed by atoms with E-state index in [2.05, 4.69) is 19.2 Å². The van der Waals surface area contributed by atoms with Crippen LogP contribution >= 0.6 is 0 Å². The van der Waals surface area contributed by atoms with E-state index in [1.165, 1.54) is 12.8 Å². The fourth-order valence-electron chi connectivity index (χ4n) is 2.36. The van der Waals surface area contributed by atoms with E-state index in [-0.39, 0.29) is 0 Å². The van der Waals surface area contributed by atoms with Crippen LogP contribution in [0.4, 0.5) is 0 Å². The quantitative estimate of drug-likeness (QED) is 0.701. The van der Waals surface area contributed by atoms with Gasteiger partial charge in [0.15, 0.2) is 0 Å². The Labute approximate surface area is 93.5 Å². The van der Waals surface area contributed by atoms with E-state index in [0.29, 0.717) is 17.9 Å². The summed E-state index contributed by atoms with van der Waals surface area (Å²) < 4.78 is 10.6. The van der Waals surface area contributed by atoms with E-state index in [9.17, 15) is 0 Å². The lowest BCUT2D eigenvalue weighted by atomic mass is 9.91. The van der Waals surface area contributed by atoms with Gasteiger partial charge in [0.25, 0.3) is 0 Å². The highest BCUT2D eigenvalue weighted by Gasteiger charge is 2.26. The van der Waals surface area contributed by atoms with Gasteiger partial charge in [0, 0.05) is 26.4 Å². The molecule has 1 rings (SSSR count). The van der Waals surface area contributed by atoms with E-state index < -0.39 is 0 Å². The molecule has 0 aliphatic carbocycles. The smallest absolute Gasteiger partial charge is 0.0510 e. The van der Waals surface area contributed by atoms with Crippen LogP contribution < -0.4 is 5.32 Å². The summed E-state index contributed by atoms with van der Waals surface area (Å²) in [6, 6.07) is 0.600. The molecule has 1 saturated heterocycles. The van der Waals surface area contributed by atoms with Gasteiger partial charge < -0.3 is 14.8 Å². The fourth-order valence-corrected chi connectivity index (χ4v) is 2.36. The summed E-state index contributed by atoms with van der Waals surface area (Å²) in [7, 11) is 1.78. The Morgan fingerprint density at radius 2 is 2.33 bits per heavy atom. The molecule has 1 aliphatic rings. The zero-order chi connectivity index (χ0) is 11.1. The summed E-state index contributed by atoms with van der Waals surface area (Å²) in [6.07, 6.45) is 2.40. The molecule has 0 spiro atoms. The highest BCUT2D eigenvalue weighted by Crippen LogP contribution is 2.21. The highest BCUT2D eigenvalue weighted by molar-refractivity contribution is 4.80. The van der Waals surface area contributed by atoms with Crippen LogP contribution in [-0.4, -0.2) is 39.5 Å². The normalized spacial score (nSPS) is 25.4. The Balaban J connectivity index is 2.34. The predicted molar refractivity (Wildman–Crippen MR) is 62.0 cm³/mol. The predicted octanol–water partition coefficient (Wildman–Crippen LogP) is 1.67. The molecule has 1 N–H and O–H groups in total. The van der Waals surface area contributed by atoms with Gasteiger partial charge in [-0.25, -0.2) is 0 Å². The molecular formula is C12H25NO2. The van der Waals surface area contributed by atoms with Crippen molar-refractivity contribution in [3.05, 3.63) is 0 Å². The summed E-state index contributed by atoms with van der Waals surface area (Å²) in [5.74, 6) is 1.32. The molecule has 1 fully saturated rings. The number of methoxy groups -OCH3 is 1. The zero-order valence-electron chi connectivity index (χ0n) is 10.3. The van der Waals surface area contributed by atoms with Crippen molar-refractivity contribution in [2.75, 3.05) is 33.5 Å². The van der Waals surface area contributed by atoms with Crippen LogP contribution in [0.15, 0.2) is 0 Å². The maximum Gasteiger partial charge on any atom is 0.0510 e. The van der Waals surface area contributed by atoms with Crippen LogP contribution in [0.2, 0.25) is 0 Å². The van der Waals surface area contributed by atoms with Crippen LogP contribution in [0, 0.1) is 11.8 Å². The first kappa shape index (κ1) is 12.9. The molecule has 15 heavy (non-hydrogen) atoms. The molecule has 1 aliphatic heterocycles. The Morgan fingerprint density at radius 3 is 2.87 bits per heavy atom. The molecule has 3 nitrogen and oxygen atoms in total. The van der Waals surface area contributed by atoms with Crippen molar-refractivity contribution in [2.45, 2.75) is 32.7 Å². The maximum absolute atomic E-state index is 5.45. The van der Waals surface area contributed by atoms with Gasteiger partial charge in [0.1, 0.15) is 0 Å². The summed E-state index contributed by atoms with van der Waals surface area (Å²) in [5.41, 5.74) is 0. The number of nitrogens with one attached hydrogen (secondary N) is 1. The van der Waals surface area contributed by atoms with Crippen LogP contribution in [0.1, 0.15) is 26.7 Å². The van der Waals surface area contributed by atoms with Gasteiger partial charge in [-0.15, -0.1) is 0 Å². The van der Waals surface area contributed by atoms with Crippen molar-refractivity contribution < 1.29 is 9.47 Å². The van der Waals surface area contributed by atoms with Crippen molar-refractivity contribution in [2.24, 2.45) is 11.8 Å². The third kappa shape index (κ3) is 4.49. The average Bonchev–Trinajstić information content (AvgIpc) is 2.70. The number of ether oxygens (including phenoxy) is 2. The lowest BCUT2D eigenvalue weighted by Crippen LogP contribution is -2.38. The minimum atomic E-state index is 0.600. The van der Waals surface area contributed by atoms with E-state index >= 15 is 0 Å². The molecule has 0 saturated carbocycles. The van der Waals surface area contributed by atoms with Crippen molar-refractivity contribution in [1.82, 2.24) is 5.32 Å². The molecule has 0 aromatic rings. The van der Waals surface area contributed by atoms with Gasteiger partial charge in [-0.3, -0.25) is 0 Å². The van der Waals surface area contributed by atoms with Gasteiger partial charge in [0.05, 0.1) is 6.61 Å². The molecular weight excluding hydrogens is 190 g/mol. The molecule has 0 amide bonds. The van der Waals surface area contributed by atoms with Crippen molar-refractivity contribution in [3.63, 3.8) is 0 Å². The maximum atomic E-state index is 5.45. The van der Waals surface area contributed by atoms with Gasteiger partial charge >= 0.3 is 0 Å². The van der Waals surface area contributed by atoms with Crippen LogP contribution in [-0.2, 0) is 9.47 Å². The Bertz CT molecular complexity index is 158. The fraction of sp³-hybridized carbons (Fsp3) is 1.00. The molecule has 0 bridgehead atoms. The lowest BCUT2D eigenvalue weighted by molar-refractivity contribution is 0.136. The van der Waals surface area contributed by atoms with E-state index in [4.69, 9.17) is 9.47 Å². The molecule has 3 unspecified atom stereocenters. The second-order valence-electron chi connectivity index (χ2n) is 4.58. The minimum absolute atomic E-state index is 0.600. The van der Waals surface area contributed by atoms with Gasteiger partial charge in [0.2, 0.25) is 0 Å². The SMILES string of the molecule is CCNC(CC(C)COC)C1CCOC1. The van der Waals surface area contributed by atoms with E-state index in [1.54, 1.807) is 7.11 Å². The summed E-state index contributed by atoms with van der Waals surface area (Å²) in [6.45, 7) is 8.19. The summed E-state index contributed by atoms with van der Waals surface area (Å²) >= 11 is 0. The summed E-state index contributed by atoms with van der Waals surface area (Å²) in [4.78, 5) is 0. The number of hydrogen-bond donors (Lipinski definition) is 1. The van der Waals surface area contributed by atoms with E-state index in [0.717, 1.165) is 26.4 Å². The number of hydrogen-bond acceptors (Lipinski definition) is 3. The highest BCUT2D eigenvalue weighted by atomic mass is 16.5. The van der Waals surface area contributed by atoms with Gasteiger partial charge in [-0.2, -0.15) is 0 Å². The largest absolute Gasteiger partial charge is 0.384 e. The first-order chi connectivity index (χ1) is 7.27. The molecule has 1 heterocycles. The van der Waals surface area contributed by atoms with Crippen LogP contribution in [0.25, 0.3) is 0 Å². The molecule has 0 aromatic heterocycles. The molecule has 0 aromatic carbocycles. The first-order valence-corrected chi connectivity index (χ1v) is 6.08. The number of rotatable bonds is 7. The van der Waals surface area contributed by atoms with Gasteiger partial charge in [-0.1, -0.05) is 13.8 Å². The topological polar surface area (TPSA) is 30.5 Å². The van der Waals surface area contributed by atoms with Crippen molar-refractivity contribution in [1.29, 1.82) is 0 Å². The molecule has 90 valence electrons. The van der Waals surface area contributed by atoms with Crippen LogP contribution in [0.5, 0.6) is 0 Å². The molecule has 3 heteroatoms. The van der Waals surface area contributed by atoms with Gasteiger partial charge in [-0.05, 0) is 31.2 Å².